The smallest absolute Gasteiger partial charge is 0.221 e. The predicted molar refractivity (Wildman–Crippen MR) is 62.7 cm³/mol. The summed E-state index contributed by atoms with van der Waals surface area (Å²) in [7, 11) is 1.87. The average molecular weight is 212 g/mol. The Morgan fingerprint density at radius 1 is 1.33 bits per heavy atom. The molecule has 1 fully saturated rings. The van der Waals surface area contributed by atoms with Gasteiger partial charge in [0.1, 0.15) is 0 Å². The summed E-state index contributed by atoms with van der Waals surface area (Å²) < 4.78 is 0. The van der Waals surface area contributed by atoms with Crippen LogP contribution in [0.4, 0.5) is 0 Å². The number of hydrogen-bond donors (Lipinski definition) is 2. The molecule has 1 atom stereocenters. The van der Waals surface area contributed by atoms with Crippen molar-refractivity contribution >= 4 is 5.91 Å². The molecule has 3 heteroatoms. The van der Waals surface area contributed by atoms with Crippen molar-refractivity contribution in [2.24, 2.45) is 5.92 Å². The van der Waals surface area contributed by atoms with E-state index in [0.29, 0.717) is 18.4 Å². The van der Waals surface area contributed by atoms with Crippen LogP contribution in [0.1, 0.15) is 45.4 Å². The predicted octanol–water partition coefficient (Wildman–Crippen LogP) is 1.68. The van der Waals surface area contributed by atoms with Crippen LogP contribution in [0.25, 0.3) is 0 Å². The highest BCUT2D eigenvalue weighted by Crippen LogP contribution is 2.26. The Kier molecular flexibility index (Phi) is 5.69. The molecule has 0 spiro atoms. The molecule has 0 heterocycles. The van der Waals surface area contributed by atoms with Gasteiger partial charge in [0.05, 0.1) is 0 Å². The topological polar surface area (TPSA) is 41.1 Å². The zero-order valence-electron chi connectivity index (χ0n) is 10.0. The molecule has 15 heavy (non-hydrogen) atoms. The molecule has 1 rings (SSSR count). The van der Waals surface area contributed by atoms with Gasteiger partial charge in [-0.3, -0.25) is 4.79 Å². The van der Waals surface area contributed by atoms with Crippen LogP contribution in [-0.4, -0.2) is 25.5 Å². The second kappa shape index (κ2) is 6.83. The maximum Gasteiger partial charge on any atom is 0.221 e. The van der Waals surface area contributed by atoms with E-state index in [9.17, 15) is 4.79 Å². The van der Waals surface area contributed by atoms with Crippen molar-refractivity contribution in [2.75, 3.05) is 13.6 Å². The minimum atomic E-state index is 0.183. The lowest BCUT2D eigenvalue weighted by atomic mass is 9.84. The van der Waals surface area contributed by atoms with E-state index in [2.05, 4.69) is 17.6 Å². The van der Waals surface area contributed by atoms with Crippen LogP contribution in [0.3, 0.4) is 0 Å². The lowest BCUT2D eigenvalue weighted by molar-refractivity contribution is -0.122. The van der Waals surface area contributed by atoms with E-state index < -0.39 is 0 Å². The van der Waals surface area contributed by atoms with Gasteiger partial charge in [-0.2, -0.15) is 0 Å². The van der Waals surface area contributed by atoms with Crippen molar-refractivity contribution < 1.29 is 4.79 Å². The van der Waals surface area contributed by atoms with Gasteiger partial charge >= 0.3 is 0 Å². The first-order valence-electron chi connectivity index (χ1n) is 6.18. The lowest BCUT2D eigenvalue weighted by Crippen LogP contribution is -2.39. The molecule has 2 N–H and O–H groups in total. The van der Waals surface area contributed by atoms with Crippen LogP contribution in [-0.2, 0) is 4.79 Å². The quantitative estimate of drug-likeness (QED) is 0.728. The van der Waals surface area contributed by atoms with E-state index >= 15 is 0 Å². The number of rotatable bonds is 5. The van der Waals surface area contributed by atoms with E-state index in [1.54, 1.807) is 0 Å². The molecule has 88 valence electrons. The van der Waals surface area contributed by atoms with Gasteiger partial charge in [0, 0.05) is 19.0 Å². The molecule has 1 amide bonds. The number of carbonyl (C=O) groups excluding carboxylic acids is 1. The third-order valence-corrected chi connectivity index (χ3v) is 3.35. The second-order valence-electron chi connectivity index (χ2n) is 4.61. The molecule has 0 aromatic rings. The van der Waals surface area contributed by atoms with Crippen LogP contribution in [0, 0.1) is 5.92 Å². The Morgan fingerprint density at radius 2 is 2.00 bits per heavy atom. The fourth-order valence-electron chi connectivity index (χ4n) is 2.32. The Bertz CT molecular complexity index is 188. The number of carbonyl (C=O) groups is 1. The highest BCUT2D eigenvalue weighted by Gasteiger charge is 2.20. The Balaban J connectivity index is 2.21. The van der Waals surface area contributed by atoms with E-state index in [0.717, 1.165) is 6.54 Å². The fourth-order valence-corrected chi connectivity index (χ4v) is 2.32. The number of nitrogens with one attached hydrogen (secondary N) is 2. The minimum absolute atomic E-state index is 0.183. The summed E-state index contributed by atoms with van der Waals surface area (Å²) in [5.74, 6) is 0.889. The molecule has 3 nitrogen and oxygen atoms in total. The first kappa shape index (κ1) is 12.5. The van der Waals surface area contributed by atoms with Gasteiger partial charge in [0.15, 0.2) is 0 Å². The van der Waals surface area contributed by atoms with Crippen LogP contribution in [0.15, 0.2) is 0 Å². The molecule has 1 saturated carbocycles. The molecule has 0 aromatic heterocycles. The van der Waals surface area contributed by atoms with Gasteiger partial charge in [0.25, 0.3) is 0 Å². The number of amides is 1. The summed E-state index contributed by atoms with van der Waals surface area (Å²) >= 11 is 0. The SMILES string of the molecule is CNCCC(=O)N[C@H](C)C1CCCCC1. The first-order valence-corrected chi connectivity index (χ1v) is 6.18. The third-order valence-electron chi connectivity index (χ3n) is 3.35. The Hall–Kier alpha value is -0.570. The maximum atomic E-state index is 11.5. The minimum Gasteiger partial charge on any atom is -0.353 e. The molecule has 1 aliphatic carbocycles. The van der Waals surface area contributed by atoms with E-state index in [1.807, 2.05) is 7.05 Å². The Morgan fingerprint density at radius 3 is 2.60 bits per heavy atom. The van der Waals surface area contributed by atoms with Gasteiger partial charge in [-0.15, -0.1) is 0 Å². The summed E-state index contributed by atoms with van der Waals surface area (Å²) in [5.41, 5.74) is 0. The number of hydrogen-bond acceptors (Lipinski definition) is 2. The zero-order valence-corrected chi connectivity index (χ0v) is 10.0. The van der Waals surface area contributed by atoms with Crippen LogP contribution in [0.5, 0.6) is 0 Å². The molecule has 0 radical (unpaired) electrons. The summed E-state index contributed by atoms with van der Waals surface area (Å²) in [6.45, 7) is 2.91. The van der Waals surface area contributed by atoms with E-state index in [1.165, 1.54) is 32.1 Å². The molecular weight excluding hydrogens is 188 g/mol. The van der Waals surface area contributed by atoms with Crippen molar-refractivity contribution in [3.8, 4) is 0 Å². The largest absolute Gasteiger partial charge is 0.353 e. The van der Waals surface area contributed by atoms with E-state index in [4.69, 9.17) is 0 Å². The van der Waals surface area contributed by atoms with Crippen molar-refractivity contribution in [3.63, 3.8) is 0 Å². The third kappa shape index (κ3) is 4.65. The van der Waals surface area contributed by atoms with Crippen molar-refractivity contribution in [1.82, 2.24) is 10.6 Å². The monoisotopic (exact) mass is 212 g/mol. The zero-order chi connectivity index (χ0) is 11.1. The standard InChI is InChI=1S/C12H24N2O/c1-10(11-6-4-3-5-7-11)14-12(15)8-9-13-2/h10-11,13H,3-9H2,1-2H3,(H,14,15)/t10-/m1/s1. The molecule has 0 saturated heterocycles. The summed E-state index contributed by atoms with van der Waals surface area (Å²) in [6.07, 6.45) is 7.20. The molecular formula is C12H24N2O. The fraction of sp³-hybridized carbons (Fsp3) is 0.917. The van der Waals surface area contributed by atoms with Crippen LogP contribution < -0.4 is 10.6 Å². The molecule has 1 aliphatic rings. The Labute approximate surface area is 93.0 Å². The molecule has 0 bridgehead atoms. The van der Waals surface area contributed by atoms with Crippen LogP contribution in [0.2, 0.25) is 0 Å². The van der Waals surface area contributed by atoms with Gasteiger partial charge in [-0.25, -0.2) is 0 Å². The lowest BCUT2D eigenvalue weighted by Gasteiger charge is -2.28. The normalized spacial score (nSPS) is 19.9. The van der Waals surface area contributed by atoms with Gasteiger partial charge < -0.3 is 10.6 Å². The summed E-state index contributed by atoms with van der Waals surface area (Å²) in [4.78, 5) is 11.5. The van der Waals surface area contributed by atoms with Gasteiger partial charge in [-0.05, 0) is 32.7 Å². The van der Waals surface area contributed by atoms with Crippen molar-refractivity contribution in [2.45, 2.75) is 51.5 Å². The highest BCUT2D eigenvalue weighted by molar-refractivity contribution is 5.76. The molecule has 0 unspecified atom stereocenters. The maximum absolute atomic E-state index is 11.5. The van der Waals surface area contributed by atoms with Crippen LogP contribution >= 0.6 is 0 Å². The summed E-state index contributed by atoms with van der Waals surface area (Å²) in [6, 6.07) is 0.356. The molecule has 0 aromatic carbocycles. The van der Waals surface area contributed by atoms with Gasteiger partial charge in [0.2, 0.25) is 5.91 Å². The summed E-state index contributed by atoms with van der Waals surface area (Å²) in [5, 5.41) is 6.10. The molecule has 0 aliphatic heterocycles. The van der Waals surface area contributed by atoms with Crippen molar-refractivity contribution in [3.05, 3.63) is 0 Å². The van der Waals surface area contributed by atoms with E-state index in [-0.39, 0.29) is 5.91 Å². The second-order valence-corrected chi connectivity index (χ2v) is 4.61. The average Bonchev–Trinajstić information content (AvgIpc) is 2.27. The first-order chi connectivity index (χ1) is 7.24. The highest BCUT2D eigenvalue weighted by atomic mass is 16.1. The van der Waals surface area contributed by atoms with Crippen molar-refractivity contribution in [1.29, 1.82) is 0 Å². The van der Waals surface area contributed by atoms with Gasteiger partial charge in [-0.1, -0.05) is 19.3 Å².